The van der Waals surface area contributed by atoms with Crippen LogP contribution in [0, 0.1) is 6.92 Å². The van der Waals surface area contributed by atoms with Crippen molar-refractivity contribution in [3.8, 4) is 11.5 Å². The van der Waals surface area contributed by atoms with Gasteiger partial charge in [-0.3, -0.25) is 9.78 Å². The number of aryl methyl sites for hydroxylation is 1. The number of rotatable bonds is 4. The third-order valence-corrected chi connectivity index (χ3v) is 4.97. The van der Waals surface area contributed by atoms with Crippen LogP contribution in [0.15, 0.2) is 53.6 Å². The van der Waals surface area contributed by atoms with Crippen molar-refractivity contribution in [2.75, 3.05) is 14.2 Å². The first-order valence-corrected chi connectivity index (χ1v) is 8.71. The molecule has 0 aliphatic carbocycles. The number of aromatic amines is 1. The van der Waals surface area contributed by atoms with Crippen LogP contribution in [0.4, 0.5) is 0 Å². The lowest BCUT2D eigenvalue weighted by atomic mass is 9.96. The van der Waals surface area contributed by atoms with Gasteiger partial charge in [0.05, 0.1) is 14.2 Å². The molecule has 4 aromatic rings. The summed E-state index contributed by atoms with van der Waals surface area (Å²) in [5.74, 6) is 1.25. The van der Waals surface area contributed by atoms with Gasteiger partial charge in [-0.2, -0.15) is 0 Å². The number of benzene rings is 2. The maximum atomic E-state index is 12.8. The summed E-state index contributed by atoms with van der Waals surface area (Å²) in [5.41, 5.74) is 2.52. The minimum atomic E-state index is -0.0849. The van der Waals surface area contributed by atoms with E-state index >= 15 is 0 Å². The topological polar surface area (TPSA) is 64.2 Å². The quantitative estimate of drug-likeness (QED) is 0.564. The zero-order chi connectivity index (χ0) is 19.0. The van der Waals surface area contributed by atoms with Crippen LogP contribution in [0.5, 0.6) is 11.5 Å². The standard InChI is InChI=1S/C22H20N2O3.CH4/c1-13-17-10-20(26-2)21(27-3)11-18(17)19(22(25)24-13)9-14-5-4-6-15-12-23-8-7-16(14)15;/h4-8,10-12H,9H2,1-3H3,(H,24,25);1H4. The summed E-state index contributed by atoms with van der Waals surface area (Å²) in [6, 6.07) is 11.9. The van der Waals surface area contributed by atoms with Crippen LogP contribution in [0.25, 0.3) is 21.5 Å². The summed E-state index contributed by atoms with van der Waals surface area (Å²) in [5, 5.41) is 3.98. The fourth-order valence-electron chi connectivity index (χ4n) is 3.58. The highest BCUT2D eigenvalue weighted by Gasteiger charge is 2.15. The highest BCUT2D eigenvalue weighted by molar-refractivity contribution is 5.91. The normalized spacial score (nSPS) is 10.7. The summed E-state index contributed by atoms with van der Waals surface area (Å²) in [6.45, 7) is 1.89. The number of nitrogens with zero attached hydrogens (tertiary/aromatic N) is 1. The minimum absolute atomic E-state index is 0. The van der Waals surface area contributed by atoms with Crippen molar-refractivity contribution in [1.29, 1.82) is 0 Å². The van der Waals surface area contributed by atoms with Crippen molar-refractivity contribution in [1.82, 2.24) is 9.97 Å². The van der Waals surface area contributed by atoms with E-state index in [4.69, 9.17) is 9.47 Å². The number of aromatic nitrogens is 2. The lowest BCUT2D eigenvalue weighted by molar-refractivity contribution is 0.356. The Hall–Kier alpha value is -3.34. The van der Waals surface area contributed by atoms with Crippen LogP contribution in [0.3, 0.4) is 0 Å². The van der Waals surface area contributed by atoms with Gasteiger partial charge in [-0.05, 0) is 41.5 Å². The fourth-order valence-corrected chi connectivity index (χ4v) is 3.58. The molecule has 0 spiro atoms. The summed E-state index contributed by atoms with van der Waals surface area (Å²) in [7, 11) is 3.21. The average molecular weight is 376 g/mol. The molecule has 0 fully saturated rings. The van der Waals surface area contributed by atoms with E-state index < -0.39 is 0 Å². The molecule has 4 rings (SSSR count). The van der Waals surface area contributed by atoms with Gasteiger partial charge in [0.25, 0.3) is 5.56 Å². The molecule has 28 heavy (non-hydrogen) atoms. The molecule has 0 aliphatic heterocycles. The van der Waals surface area contributed by atoms with E-state index in [0.717, 1.165) is 32.8 Å². The molecule has 0 saturated carbocycles. The maximum Gasteiger partial charge on any atom is 0.252 e. The second-order valence-corrected chi connectivity index (χ2v) is 6.50. The molecule has 1 N–H and O–H groups in total. The van der Waals surface area contributed by atoms with Crippen molar-refractivity contribution in [3.05, 3.63) is 76.0 Å². The molecule has 0 aliphatic rings. The highest BCUT2D eigenvalue weighted by Crippen LogP contribution is 2.34. The van der Waals surface area contributed by atoms with E-state index in [2.05, 4.69) is 9.97 Å². The van der Waals surface area contributed by atoms with Crippen molar-refractivity contribution in [3.63, 3.8) is 0 Å². The largest absolute Gasteiger partial charge is 0.493 e. The first kappa shape index (κ1) is 19.4. The average Bonchev–Trinajstić information content (AvgIpc) is 2.70. The molecule has 0 radical (unpaired) electrons. The number of methoxy groups -OCH3 is 2. The third-order valence-electron chi connectivity index (χ3n) is 4.97. The van der Waals surface area contributed by atoms with Crippen molar-refractivity contribution < 1.29 is 9.47 Å². The Bertz CT molecular complexity index is 1210. The van der Waals surface area contributed by atoms with Crippen molar-refractivity contribution in [2.45, 2.75) is 20.8 Å². The number of ether oxygens (including phenoxy) is 2. The van der Waals surface area contributed by atoms with Gasteiger partial charge in [-0.15, -0.1) is 0 Å². The van der Waals surface area contributed by atoms with Crippen LogP contribution in [0.1, 0.15) is 24.2 Å². The van der Waals surface area contributed by atoms with Crippen LogP contribution in [0.2, 0.25) is 0 Å². The highest BCUT2D eigenvalue weighted by atomic mass is 16.5. The molecule has 2 heterocycles. The van der Waals surface area contributed by atoms with Gasteiger partial charge in [-0.25, -0.2) is 0 Å². The number of fused-ring (bicyclic) bond motifs is 2. The molecule has 144 valence electrons. The second kappa shape index (κ2) is 7.72. The summed E-state index contributed by atoms with van der Waals surface area (Å²) >= 11 is 0. The number of hydrogen-bond acceptors (Lipinski definition) is 4. The molecule has 5 nitrogen and oxygen atoms in total. The zero-order valence-corrected chi connectivity index (χ0v) is 15.5. The molecule has 0 bridgehead atoms. The van der Waals surface area contributed by atoms with Gasteiger partial charge in [0.15, 0.2) is 11.5 Å². The molecular formula is C23H24N2O3. The van der Waals surface area contributed by atoms with Gasteiger partial charge in [0.2, 0.25) is 0 Å². The van der Waals surface area contributed by atoms with Crippen LogP contribution in [-0.2, 0) is 6.42 Å². The first-order chi connectivity index (χ1) is 13.1. The lowest BCUT2D eigenvalue weighted by Gasteiger charge is -2.14. The number of hydrogen-bond donors (Lipinski definition) is 1. The molecule has 0 unspecified atom stereocenters. The summed E-state index contributed by atoms with van der Waals surface area (Å²) in [6.07, 6.45) is 4.13. The minimum Gasteiger partial charge on any atom is -0.493 e. The van der Waals surface area contributed by atoms with Crippen LogP contribution in [-0.4, -0.2) is 24.2 Å². The van der Waals surface area contributed by atoms with Crippen LogP contribution >= 0.6 is 0 Å². The lowest BCUT2D eigenvalue weighted by Crippen LogP contribution is -2.15. The van der Waals surface area contributed by atoms with E-state index in [1.165, 1.54) is 0 Å². The Balaban J connectivity index is 0.00000225. The monoisotopic (exact) mass is 376 g/mol. The van der Waals surface area contributed by atoms with E-state index in [0.29, 0.717) is 23.5 Å². The number of pyridine rings is 2. The van der Waals surface area contributed by atoms with Gasteiger partial charge in [-0.1, -0.05) is 25.6 Å². The Kier molecular flexibility index (Phi) is 5.36. The maximum absolute atomic E-state index is 12.8. The Morgan fingerprint density at radius 3 is 2.43 bits per heavy atom. The third kappa shape index (κ3) is 3.20. The SMILES string of the molecule is C.COc1cc2c(C)[nH]c(=O)c(Cc3cccc4cnccc34)c2cc1OC. The molecular weight excluding hydrogens is 352 g/mol. The fraction of sp³-hybridized carbons (Fsp3) is 0.217. The molecule has 5 heteroatoms. The van der Waals surface area contributed by atoms with Crippen LogP contribution < -0.4 is 15.0 Å². The molecule has 0 amide bonds. The Morgan fingerprint density at radius 2 is 1.71 bits per heavy atom. The van der Waals surface area contributed by atoms with Crippen molar-refractivity contribution in [2.24, 2.45) is 0 Å². The van der Waals surface area contributed by atoms with Gasteiger partial charge in [0.1, 0.15) is 0 Å². The Labute approximate surface area is 164 Å². The van der Waals surface area contributed by atoms with Gasteiger partial charge >= 0.3 is 0 Å². The summed E-state index contributed by atoms with van der Waals surface area (Å²) in [4.78, 5) is 20.0. The molecule has 2 aromatic carbocycles. The molecule has 0 atom stereocenters. The second-order valence-electron chi connectivity index (χ2n) is 6.50. The smallest absolute Gasteiger partial charge is 0.252 e. The van der Waals surface area contributed by atoms with E-state index in [-0.39, 0.29) is 13.0 Å². The Morgan fingerprint density at radius 1 is 1.00 bits per heavy atom. The zero-order valence-electron chi connectivity index (χ0n) is 15.5. The van der Waals surface area contributed by atoms with E-state index in [1.54, 1.807) is 20.4 Å². The number of H-pyrrole nitrogens is 1. The van der Waals surface area contributed by atoms with E-state index in [9.17, 15) is 4.79 Å². The summed E-state index contributed by atoms with van der Waals surface area (Å²) < 4.78 is 10.9. The first-order valence-electron chi connectivity index (χ1n) is 8.71. The molecule has 2 aromatic heterocycles. The number of nitrogens with one attached hydrogen (secondary N) is 1. The predicted octanol–water partition coefficient (Wildman–Crippen LogP) is 4.63. The van der Waals surface area contributed by atoms with Gasteiger partial charge < -0.3 is 14.5 Å². The van der Waals surface area contributed by atoms with E-state index in [1.807, 2.05) is 49.5 Å². The predicted molar refractivity (Wildman–Crippen MR) is 114 cm³/mol. The molecule has 0 saturated heterocycles. The van der Waals surface area contributed by atoms with Gasteiger partial charge in [0, 0.05) is 40.8 Å². The van der Waals surface area contributed by atoms with Crippen molar-refractivity contribution >= 4 is 21.5 Å².